The van der Waals surface area contributed by atoms with Gasteiger partial charge < -0.3 is 4.90 Å². The van der Waals surface area contributed by atoms with Gasteiger partial charge in [0.25, 0.3) is 5.91 Å². The quantitative estimate of drug-likeness (QED) is 0.743. The predicted molar refractivity (Wildman–Crippen MR) is 80.2 cm³/mol. The van der Waals surface area contributed by atoms with Crippen molar-refractivity contribution in [2.24, 2.45) is 0 Å². The number of nitrogens with zero attached hydrogens (tertiary/aromatic N) is 1. The molecule has 0 aromatic heterocycles. The van der Waals surface area contributed by atoms with E-state index in [4.69, 9.17) is 0 Å². The van der Waals surface area contributed by atoms with Gasteiger partial charge in [0.1, 0.15) is 0 Å². The lowest BCUT2D eigenvalue weighted by Gasteiger charge is -2.20. The Morgan fingerprint density at radius 2 is 1.63 bits per heavy atom. The maximum Gasteiger partial charge on any atom is 0.255 e. The van der Waals surface area contributed by atoms with Gasteiger partial charge in [0.15, 0.2) is 0 Å². The second-order valence-corrected chi connectivity index (χ2v) is 4.31. The molecule has 96 valence electrons. The summed E-state index contributed by atoms with van der Waals surface area (Å²) >= 11 is 0. The van der Waals surface area contributed by atoms with E-state index in [1.165, 1.54) is 0 Å². The van der Waals surface area contributed by atoms with E-state index in [2.05, 4.69) is 13.2 Å². The summed E-state index contributed by atoms with van der Waals surface area (Å²) in [5, 5.41) is 2.05. The first-order valence-electron chi connectivity index (χ1n) is 6.26. The molecule has 0 aliphatic heterocycles. The van der Waals surface area contributed by atoms with Crippen molar-refractivity contribution in [3.8, 4) is 0 Å². The first-order valence-corrected chi connectivity index (χ1v) is 6.26. The van der Waals surface area contributed by atoms with Crippen LogP contribution in [-0.2, 0) is 0 Å². The molecule has 2 nitrogen and oxygen atoms in total. The third-order valence-electron chi connectivity index (χ3n) is 3.01. The van der Waals surface area contributed by atoms with E-state index in [0.717, 1.165) is 16.3 Å². The molecule has 0 aliphatic carbocycles. The normalized spacial score (nSPS) is 10.1. The average Bonchev–Trinajstić information content (AvgIpc) is 2.46. The number of carbonyl (C=O) groups excluding carboxylic acids is 1. The molecular weight excluding hydrogens is 234 g/mol. The highest BCUT2D eigenvalue weighted by atomic mass is 16.2. The number of rotatable bonds is 5. The predicted octanol–water partition coefficient (Wildman–Crippen LogP) is 3.65. The molecule has 2 aromatic rings. The molecule has 0 bridgehead atoms. The Morgan fingerprint density at radius 1 is 1.00 bits per heavy atom. The molecule has 0 fully saturated rings. The van der Waals surface area contributed by atoms with Crippen molar-refractivity contribution in [2.45, 2.75) is 0 Å². The fourth-order valence-corrected chi connectivity index (χ4v) is 2.13. The molecule has 2 aromatic carbocycles. The standard InChI is InChI=1S/C17H17NO/c1-3-12-18(13-4-2)17(19)16-11-7-9-14-8-5-6-10-15(14)16/h3-11H,1-2,12-13H2. The topological polar surface area (TPSA) is 20.3 Å². The molecule has 0 saturated carbocycles. The molecule has 0 radical (unpaired) electrons. The number of hydrogen-bond acceptors (Lipinski definition) is 1. The van der Waals surface area contributed by atoms with E-state index in [1.807, 2.05) is 42.5 Å². The number of carbonyl (C=O) groups is 1. The monoisotopic (exact) mass is 251 g/mol. The lowest BCUT2D eigenvalue weighted by atomic mass is 10.0. The van der Waals surface area contributed by atoms with Gasteiger partial charge in [0.05, 0.1) is 0 Å². The minimum Gasteiger partial charge on any atom is -0.331 e. The van der Waals surface area contributed by atoms with Gasteiger partial charge in [0.2, 0.25) is 0 Å². The molecule has 0 heterocycles. The van der Waals surface area contributed by atoms with Gasteiger partial charge >= 0.3 is 0 Å². The van der Waals surface area contributed by atoms with Crippen LogP contribution >= 0.6 is 0 Å². The fourth-order valence-electron chi connectivity index (χ4n) is 2.13. The molecule has 2 rings (SSSR count). The first kappa shape index (κ1) is 13.1. The Bertz CT molecular complexity index is 600. The van der Waals surface area contributed by atoms with Crippen LogP contribution in [0.25, 0.3) is 10.8 Å². The molecule has 2 heteroatoms. The Kier molecular flexibility index (Phi) is 4.14. The Balaban J connectivity index is 2.45. The second kappa shape index (κ2) is 6.01. The zero-order valence-electron chi connectivity index (χ0n) is 10.9. The van der Waals surface area contributed by atoms with Crippen LogP contribution in [0.4, 0.5) is 0 Å². The van der Waals surface area contributed by atoms with Gasteiger partial charge in [-0.25, -0.2) is 0 Å². The maximum absolute atomic E-state index is 12.6. The minimum atomic E-state index is 0.0107. The van der Waals surface area contributed by atoms with Crippen LogP contribution in [-0.4, -0.2) is 23.9 Å². The number of hydrogen-bond donors (Lipinski definition) is 0. The Morgan fingerprint density at radius 3 is 2.32 bits per heavy atom. The largest absolute Gasteiger partial charge is 0.331 e. The van der Waals surface area contributed by atoms with Crippen molar-refractivity contribution in [1.82, 2.24) is 4.90 Å². The maximum atomic E-state index is 12.6. The lowest BCUT2D eigenvalue weighted by molar-refractivity contribution is 0.0793. The smallest absolute Gasteiger partial charge is 0.255 e. The molecule has 0 atom stereocenters. The van der Waals surface area contributed by atoms with E-state index in [9.17, 15) is 4.79 Å². The summed E-state index contributed by atoms with van der Waals surface area (Å²) < 4.78 is 0. The van der Waals surface area contributed by atoms with Crippen LogP contribution < -0.4 is 0 Å². The zero-order valence-corrected chi connectivity index (χ0v) is 10.9. The molecule has 1 amide bonds. The molecule has 0 spiro atoms. The van der Waals surface area contributed by atoms with E-state index in [-0.39, 0.29) is 5.91 Å². The fraction of sp³-hybridized carbons (Fsp3) is 0.118. The van der Waals surface area contributed by atoms with Crippen LogP contribution in [0.3, 0.4) is 0 Å². The highest BCUT2D eigenvalue weighted by molar-refractivity contribution is 6.07. The van der Waals surface area contributed by atoms with Gasteiger partial charge in [0, 0.05) is 18.7 Å². The summed E-state index contributed by atoms with van der Waals surface area (Å²) in [6, 6.07) is 13.7. The van der Waals surface area contributed by atoms with Gasteiger partial charge in [-0.2, -0.15) is 0 Å². The van der Waals surface area contributed by atoms with Crippen LogP contribution in [0, 0.1) is 0 Å². The minimum absolute atomic E-state index is 0.0107. The van der Waals surface area contributed by atoms with Crippen molar-refractivity contribution in [3.05, 3.63) is 73.3 Å². The average molecular weight is 251 g/mol. The summed E-state index contributed by atoms with van der Waals surface area (Å²) in [5.41, 5.74) is 0.724. The zero-order chi connectivity index (χ0) is 13.7. The number of amides is 1. The molecule has 0 aliphatic rings. The van der Waals surface area contributed by atoms with Crippen molar-refractivity contribution in [3.63, 3.8) is 0 Å². The number of benzene rings is 2. The van der Waals surface area contributed by atoms with Gasteiger partial charge in [-0.15, -0.1) is 13.2 Å². The van der Waals surface area contributed by atoms with Crippen molar-refractivity contribution in [1.29, 1.82) is 0 Å². The Hall–Kier alpha value is -2.35. The van der Waals surface area contributed by atoms with Crippen LogP contribution in [0.5, 0.6) is 0 Å². The van der Waals surface area contributed by atoms with E-state index in [1.54, 1.807) is 17.1 Å². The third-order valence-corrected chi connectivity index (χ3v) is 3.01. The van der Waals surface area contributed by atoms with Crippen molar-refractivity contribution in [2.75, 3.05) is 13.1 Å². The summed E-state index contributed by atoms with van der Waals surface area (Å²) in [6.45, 7) is 8.43. The van der Waals surface area contributed by atoms with Crippen LogP contribution in [0.1, 0.15) is 10.4 Å². The summed E-state index contributed by atoms with van der Waals surface area (Å²) in [5.74, 6) is 0.0107. The third kappa shape index (κ3) is 2.74. The van der Waals surface area contributed by atoms with Crippen molar-refractivity contribution >= 4 is 16.7 Å². The van der Waals surface area contributed by atoms with Gasteiger partial charge in [-0.1, -0.05) is 48.6 Å². The van der Waals surface area contributed by atoms with Gasteiger partial charge in [-0.3, -0.25) is 4.79 Å². The number of fused-ring (bicyclic) bond motifs is 1. The van der Waals surface area contributed by atoms with Gasteiger partial charge in [-0.05, 0) is 16.8 Å². The highest BCUT2D eigenvalue weighted by Crippen LogP contribution is 2.20. The molecular formula is C17H17NO. The SMILES string of the molecule is C=CCN(CC=C)C(=O)c1cccc2ccccc12. The van der Waals surface area contributed by atoms with E-state index >= 15 is 0 Å². The Labute approximate surface area is 113 Å². The van der Waals surface area contributed by atoms with Crippen LogP contribution in [0.15, 0.2) is 67.8 Å². The summed E-state index contributed by atoms with van der Waals surface area (Å²) in [7, 11) is 0. The van der Waals surface area contributed by atoms with Crippen molar-refractivity contribution < 1.29 is 4.79 Å². The van der Waals surface area contributed by atoms with E-state index in [0.29, 0.717) is 13.1 Å². The second-order valence-electron chi connectivity index (χ2n) is 4.31. The summed E-state index contributed by atoms with van der Waals surface area (Å²) in [4.78, 5) is 14.3. The molecule has 0 N–H and O–H groups in total. The first-order chi connectivity index (χ1) is 9.27. The van der Waals surface area contributed by atoms with Crippen LogP contribution in [0.2, 0.25) is 0 Å². The van der Waals surface area contributed by atoms with E-state index < -0.39 is 0 Å². The molecule has 0 unspecified atom stereocenters. The molecule has 0 saturated heterocycles. The molecule has 19 heavy (non-hydrogen) atoms. The summed E-state index contributed by atoms with van der Waals surface area (Å²) in [6.07, 6.45) is 3.46. The highest BCUT2D eigenvalue weighted by Gasteiger charge is 2.15. The lowest BCUT2D eigenvalue weighted by Crippen LogP contribution is -2.31.